The number of para-hydroxylation sites is 1. The Morgan fingerprint density at radius 3 is 2.37 bits per heavy atom. The highest BCUT2D eigenvalue weighted by molar-refractivity contribution is 6.00. The van der Waals surface area contributed by atoms with E-state index in [-0.39, 0.29) is 11.9 Å². The van der Waals surface area contributed by atoms with Gasteiger partial charge in [-0.15, -0.1) is 0 Å². The normalized spacial score (nSPS) is 11.7. The van der Waals surface area contributed by atoms with E-state index in [0.29, 0.717) is 17.9 Å². The third kappa shape index (κ3) is 5.75. The number of imidazole rings is 1. The van der Waals surface area contributed by atoms with E-state index in [4.69, 9.17) is 9.72 Å². The van der Waals surface area contributed by atoms with E-state index in [0.717, 1.165) is 53.2 Å². The first-order valence-corrected chi connectivity index (χ1v) is 13.4. The molecule has 4 aromatic rings. The maximum atomic E-state index is 14.2. The number of anilines is 1. The Labute approximate surface area is 226 Å². The van der Waals surface area contributed by atoms with Gasteiger partial charge in [0.15, 0.2) is 0 Å². The van der Waals surface area contributed by atoms with Crippen LogP contribution in [0.1, 0.15) is 55.2 Å². The Morgan fingerprint density at radius 2 is 1.68 bits per heavy atom. The fourth-order valence-electron chi connectivity index (χ4n) is 4.83. The summed E-state index contributed by atoms with van der Waals surface area (Å²) in [5, 5.41) is 3.36. The van der Waals surface area contributed by atoms with Gasteiger partial charge in [0.1, 0.15) is 23.0 Å². The zero-order valence-electron chi connectivity index (χ0n) is 23.1. The van der Waals surface area contributed by atoms with Gasteiger partial charge < -0.3 is 19.5 Å². The molecule has 198 valence electrons. The van der Waals surface area contributed by atoms with Crippen LogP contribution in [0, 0.1) is 0 Å². The van der Waals surface area contributed by atoms with Crippen LogP contribution < -0.4 is 15.0 Å². The number of carbonyl (C=O) groups is 1. The number of hydrogen-bond acceptors (Lipinski definition) is 4. The van der Waals surface area contributed by atoms with Gasteiger partial charge in [0, 0.05) is 43.0 Å². The van der Waals surface area contributed by atoms with Crippen LogP contribution in [-0.2, 0) is 6.54 Å². The molecule has 1 aromatic heterocycles. The van der Waals surface area contributed by atoms with Gasteiger partial charge in [-0.2, -0.15) is 0 Å². The summed E-state index contributed by atoms with van der Waals surface area (Å²) in [4.78, 5) is 21.3. The van der Waals surface area contributed by atoms with Gasteiger partial charge in [-0.3, -0.25) is 4.79 Å². The molecule has 1 unspecified atom stereocenters. The van der Waals surface area contributed by atoms with Crippen LogP contribution in [0.4, 0.5) is 5.69 Å². The van der Waals surface area contributed by atoms with E-state index in [1.165, 1.54) is 0 Å². The molecule has 0 aliphatic heterocycles. The topological polar surface area (TPSA) is 59.4 Å². The third-order valence-electron chi connectivity index (χ3n) is 6.83. The molecular weight excluding hydrogens is 472 g/mol. The molecule has 0 aliphatic rings. The van der Waals surface area contributed by atoms with Crippen molar-refractivity contribution in [3.8, 4) is 28.4 Å². The zero-order chi connectivity index (χ0) is 27.1. The smallest absolute Gasteiger partial charge is 0.270 e. The van der Waals surface area contributed by atoms with Crippen molar-refractivity contribution in [2.75, 3.05) is 26.1 Å². The molecule has 0 fully saturated rings. The van der Waals surface area contributed by atoms with Gasteiger partial charge in [-0.1, -0.05) is 80.4 Å². The summed E-state index contributed by atoms with van der Waals surface area (Å²) in [6.07, 6.45) is 2.85. The summed E-state index contributed by atoms with van der Waals surface area (Å²) in [7, 11) is 5.70. The lowest BCUT2D eigenvalue weighted by Crippen LogP contribution is -2.31. The summed E-state index contributed by atoms with van der Waals surface area (Å²) < 4.78 is 7.68. The van der Waals surface area contributed by atoms with E-state index in [2.05, 4.69) is 36.2 Å². The van der Waals surface area contributed by atoms with Gasteiger partial charge in [-0.05, 0) is 31.5 Å². The molecule has 6 nitrogen and oxygen atoms in total. The van der Waals surface area contributed by atoms with Crippen molar-refractivity contribution in [1.82, 2.24) is 14.9 Å². The number of nitrogens with one attached hydrogen (secondary N) is 1. The van der Waals surface area contributed by atoms with Crippen molar-refractivity contribution in [1.29, 1.82) is 0 Å². The quantitative estimate of drug-likeness (QED) is 0.237. The highest BCUT2D eigenvalue weighted by Gasteiger charge is 2.27. The minimum Gasteiger partial charge on any atom is -0.496 e. The number of rotatable bonds is 11. The first-order chi connectivity index (χ1) is 18.5. The second-order valence-corrected chi connectivity index (χ2v) is 9.60. The average molecular weight is 511 g/mol. The molecule has 0 bridgehead atoms. The molecule has 0 spiro atoms. The van der Waals surface area contributed by atoms with Gasteiger partial charge in [0.25, 0.3) is 5.91 Å². The standard InChI is InChI=1S/C32H38N4O2/c1-6-8-20-27(26-19-12-13-21-28(26)38-5)33-32(37)30-29(24-17-14-18-25(22-24)35(3)4)34-31(36(30)7-2)23-15-10-9-11-16-23/h9-19,21-22,27H,6-8,20H2,1-5H3,(H,33,37). The minimum atomic E-state index is -0.181. The molecule has 38 heavy (non-hydrogen) atoms. The van der Waals surface area contributed by atoms with Gasteiger partial charge in [0.2, 0.25) is 0 Å². The number of aromatic nitrogens is 2. The number of methoxy groups -OCH3 is 1. The van der Waals surface area contributed by atoms with E-state index >= 15 is 0 Å². The molecule has 1 N–H and O–H groups in total. The van der Waals surface area contributed by atoms with E-state index < -0.39 is 0 Å². The molecule has 0 aliphatic carbocycles. The molecule has 0 radical (unpaired) electrons. The second kappa shape index (κ2) is 12.5. The Bertz CT molecular complexity index is 1360. The average Bonchev–Trinajstić information content (AvgIpc) is 3.35. The Hall–Kier alpha value is -4.06. The maximum Gasteiger partial charge on any atom is 0.270 e. The summed E-state index contributed by atoms with van der Waals surface area (Å²) >= 11 is 0. The minimum absolute atomic E-state index is 0.140. The zero-order valence-corrected chi connectivity index (χ0v) is 23.1. The number of ether oxygens (including phenoxy) is 1. The highest BCUT2D eigenvalue weighted by Crippen LogP contribution is 2.33. The molecule has 0 saturated carbocycles. The molecular formula is C32H38N4O2. The number of nitrogens with zero attached hydrogens (tertiary/aromatic N) is 3. The van der Waals surface area contributed by atoms with Gasteiger partial charge >= 0.3 is 0 Å². The number of amides is 1. The van der Waals surface area contributed by atoms with Crippen molar-refractivity contribution < 1.29 is 9.53 Å². The largest absolute Gasteiger partial charge is 0.496 e. The molecule has 6 heteroatoms. The lowest BCUT2D eigenvalue weighted by molar-refractivity contribution is 0.0925. The lowest BCUT2D eigenvalue weighted by Gasteiger charge is -2.22. The number of benzene rings is 3. The van der Waals surface area contributed by atoms with Crippen molar-refractivity contribution in [3.63, 3.8) is 0 Å². The molecule has 1 heterocycles. The van der Waals surface area contributed by atoms with Gasteiger partial charge in [-0.25, -0.2) is 4.98 Å². The molecule has 4 rings (SSSR count). The Morgan fingerprint density at radius 1 is 0.974 bits per heavy atom. The molecule has 3 aromatic carbocycles. The van der Waals surface area contributed by atoms with Crippen LogP contribution in [0.5, 0.6) is 5.75 Å². The van der Waals surface area contributed by atoms with Crippen LogP contribution in [-0.4, -0.2) is 36.7 Å². The van der Waals surface area contributed by atoms with Crippen molar-refractivity contribution in [2.24, 2.45) is 0 Å². The van der Waals surface area contributed by atoms with E-state index in [1.54, 1.807) is 7.11 Å². The first kappa shape index (κ1) is 27.0. The fraction of sp³-hybridized carbons (Fsp3) is 0.312. The summed E-state index contributed by atoms with van der Waals surface area (Å²) in [6, 6.07) is 26.0. The number of hydrogen-bond donors (Lipinski definition) is 1. The molecule has 0 saturated heterocycles. The first-order valence-electron chi connectivity index (χ1n) is 13.4. The van der Waals surface area contributed by atoms with Crippen molar-refractivity contribution in [2.45, 2.75) is 45.7 Å². The van der Waals surface area contributed by atoms with E-state index in [1.807, 2.05) is 85.4 Å². The third-order valence-corrected chi connectivity index (χ3v) is 6.83. The Balaban J connectivity index is 1.85. The van der Waals surface area contributed by atoms with Crippen LogP contribution in [0.2, 0.25) is 0 Å². The molecule has 1 atom stereocenters. The maximum absolute atomic E-state index is 14.2. The summed E-state index contributed by atoms with van der Waals surface area (Å²) in [5.41, 5.74) is 5.17. The van der Waals surface area contributed by atoms with Crippen LogP contribution in [0.3, 0.4) is 0 Å². The molecule has 1 amide bonds. The second-order valence-electron chi connectivity index (χ2n) is 9.60. The van der Waals surface area contributed by atoms with Crippen LogP contribution in [0.25, 0.3) is 22.6 Å². The SMILES string of the molecule is CCCCC(NC(=O)c1c(-c2cccc(N(C)C)c2)nc(-c2ccccc2)n1CC)c1ccccc1OC. The fourth-order valence-corrected chi connectivity index (χ4v) is 4.83. The highest BCUT2D eigenvalue weighted by atomic mass is 16.5. The van der Waals surface area contributed by atoms with Crippen LogP contribution in [0.15, 0.2) is 78.9 Å². The number of carbonyl (C=O) groups excluding carboxylic acids is 1. The van der Waals surface area contributed by atoms with E-state index in [9.17, 15) is 4.79 Å². The number of unbranched alkanes of at least 4 members (excludes halogenated alkanes) is 1. The predicted octanol–water partition coefficient (Wildman–Crippen LogP) is 6.97. The summed E-state index contributed by atoms with van der Waals surface area (Å²) in [6.45, 7) is 4.83. The van der Waals surface area contributed by atoms with Crippen molar-refractivity contribution >= 4 is 11.6 Å². The monoisotopic (exact) mass is 510 g/mol. The Kier molecular flexibility index (Phi) is 8.85. The predicted molar refractivity (Wildman–Crippen MR) is 156 cm³/mol. The van der Waals surface area contributed by atoms with Gasteiger partial charge in [0.05, 0.1) is 13.2 Å². The van der Waals surface area contributed by atoms with Crippen LogP contribution >= 0.6 is 0 Å². The van der Waals surface area contributed by atoms with Crippen molar-refractivity contribution in [3.05, 3.63) is 90.1 Å². The summed E-state index contributed by atoms with van der Waals surface area (Å²) in [5.74, 6) is 1.42. The lowest BCUT2D eigenvalue weighted by atomic mass is 9.99.